The van der Waals surface area contributed by atoms with E-state index in [1.54, 1.807) is 30.2 Å². The average Bonchev–Trinajstić information content (AvgIpc) is 3.60. The van der Waals surface area contributed by atoms with E-state index in [2.05, 4.69) is 10.4 Å². The van der Waals surface area contributed by atoms with Crippen LogP contribution in [0, 0.1) is 0 Å². The number of rotatable bonds is 4. The number of carbonyl (C=O) groups excluding carboxylic acids is 2. The molecule has 5 heterocycles. The van der Waals surface area contributed by atoms with Crippen LogP contribution < -0.4 is 15.8 Å². The van der Waals surface area contributed by atoms with Crippen LogP contribution in [0.25, 0.3) is 11.4 Å². The van der Waals surface area contributed by atoms with Gasteiger partial charge in [0.05, 0.1) is 35.2 Å². The Labute approximate surface area is 279 Å². The number of benzene rings is 1. The number of hydrogen-bond acceptors (Lipinski definition) is 8. The van der Waals surface area contributed by atoms with Gasteiger partial charge in [0.1, 0.15) is 17.3 Å². The van der Waals surface area contributed by atoms with Crippen molar-refractivity contribution >= 4 is 46.3 Å². The van der Waals surface area contributed by atoms with Crippen molar-refractivity contribution < 1.29 is 32.2 Å². The first-order valence-corrected chi connectivity index (χ1v) is 16.2. The maximum absolute atomic E-state index is 14.3. The van der Waals surface area contributed by atoms with E-state index in [-0.39, 0.29) is 34.9 Å². The van der Waals surface area contributed by atoms with E-state index < -0.39 is 40.9 Å². The van der Waals surface area contributed by atoms with Crippen LogP contribution in [0.15, 0.2) is 29.1 Å². The molecule has 2 amide bonds. The summed E-state index contributed by atoms with van der Waals surface area (Å²) in [6.07, 6.45) is -2.36. The fourth-order valence-corrected chi connectivity index (χ4v) is 6.73. The summed E-state index contributed by atoms with van der Waals surface area (Å²) in [5, 5.41) is 7.03. The fourth-order valence-electron chi connectivity index (χ4n) is 6.51. The van der Waals surface area contributed by atoms with Crippen molar-refractivity contribution in [2.45, 2.75) is 77.2 Å². The Morgan fingerprint density at radius 2 is 1.90 bits per heavy atom. The quantitative estimate of drug-likeness (QED) is 0.381. The predicted molar refractivity (Wildman–Crippen MR) is 172 cm³/mol. The van der Waals surface area contributed by atoms with Crippen LogP contribution in [0.4, 0.5) is 29.3 Å². The summed E-state index contributed by atoms with van der Waals surface area (Å²) >= 11 is 6.18. The van der Waals surface area contributed by atoms with E-state index in [1.807, 2.05) is 24.8 Å². The largest absolute Gasteiger partial charge is 0.444 e. The number of carbonyl (C=O) groups is 2. The minimum Gasteiger partial charge on any atom is -0.444 e. The number of amides is 2. The number of ether oxygens (including phenoxy) is 2. The molecule has 258 valence electrons. The number of anilines is 2. The molecule has 3 aliphatic heterocycles. The highest BCUT2D eigenvalue weighted by atomic mass is 35.5. The van der Waals surface area contributed by atoms with E-state index in [1.165, 1.54) is 4.52 Å². The number of piperazine rings is 1. The minimum absolute atomic E-state index is 0.0228. The first kappa shape index (κ1) is 33.8. The summed E-state index contributed by atoms with van der Waals surface area (Å²) in [6.45, 7) is 11.0. The highest BCUT2D eigenvalue weighted by Gasteiger charge is 2.42. The van der Waals surface area contributed by atoms with Crippen LogP contribution in [0.2, 0.25) is 5.02 Å². The molecule has 0 bridgehead atoms. The lowest BCUT2D eigenvalue weighted by Gasteiger charge is -2.41. The maximum atomic E-state index is 14.3. The maximum Gasteiger partial charge on any atom is 0.416 e. The molecule has 0 aliphatic carbocycles. The molecule has 1 saturated heterocycles. The third-order valence-electron chi connectivity index (χ3n) is 8.74. The van der Waals surface area contributed by atoms with E-state index in [4.69, 9.17) is 26.1 Å². The molecule has 2 aromatic heterocycles. The second-order valence-corrected chi connectivity index (χ2v) is 13.8. The van der Waals surface area contributed by atoms with Gasteiger partial charge in [-0.3, -0.25) is 14.2 Å². The number of halogens is 4. The molecule has 3 aromatic rings. The van der Waals surface area contributed by atoms with Gasteiger partial charge in [0.25, 0.3) is 5.56 Å². The summed E-state index contributed by atoms with van der Waals surface area (Å²) in [5.74, 6) is -0.311. The van der Waals surface area contributed by atoms with Crippen molar-refractivity contribution in [3.05, 3.63) is 56.7 Å². The summed E-state index contributed by atoms with van der Waals surface area (Å²) in [4.78, 5) is 49.5. The predicted octanol–water partition coefficient (Wildman–Crippen LogP) is 5.50. The van der Waals surface area contributed by atoms with E-state index in [0.717, 1.165) is 23.8 Å². The van der Waals surface area contributed by atoms with E-state index in [9.17, 15) is 27.6 Å². The molecular formula is C32H37ClF3N7O5. The monoisotopic (exact) mass is 691 g/mol. The molecule has 0 radical (unpaired) electrons. The molecule has 1 N–H and O–H groups in total. The van der Waals surface area contributed by atoms with Crippen molar-refractivity contribution in [2.75, 3.05) is 43.1 Å². The zero-order valence-electron chi connectivity index (χ0n) is 27.2. The number of nitrogens with zero attached hydrogens (tertiary/aromatic N) is 6. The number of aromatic nitrogens is 4. The summed E-state index contributed by atoms with van der Waals surface area (Å²) in [7, 11) is 0. The Kier molecular flexibility index (Phi) is 8.73. The van der Waals surface area contributed by atoms with Crippen molar-refractivity contribution in [1.29, 1.82) is 0 Å². The van der Waals surface area contributed by atoms with Gasteiger partial charge in [0, 0.05) is 31.6 Å². The Bertz CT molecular complexity index is 1870. The number of fused-ring (bicyclic) bond motifs is 3. The molecule has 3 atom stereocenters. The van der Waals surface area contributed by atoms with Crippen molar-refractivity contribution in [1.82, 2.24) is 24.1 Å². The van der Waals surface area contributed by atoms with Gasteiger partial charge in [-0.2, -0.15) is 22.7 Å². The summed E-state index contributed by atoms with van der Waals surface area (Å²) in [6, 6.07) is 1.54. The Balaban J connectivity index is 1.41. The molecular weight excluding hydrogens is 655 g/mol. The van der Waals surface area contributed by atoms with E-state index >= 15 is 0 Å². The smallest absolute Gasteiger partial charge is 0.416 e. The van der Waals surface area contributed by atoms with Crippen LogP contribution >= 0.6 is 11.6 Å². The molecule has 1 fully saturated rings. The van der Waals surface area contributed by atoms with Gasteiger partial charge in [-0.05, 0) is 64.3 Å². The van der Waals surface area contributed by atoms with Gasteiger partial charge >= 0.3 is 12.3 Å². The Hall–Kier alpha value is -4.11. The molecule has 6 rings (SSSR count). The highest BCUT2D eigenvalue weighted by molar-refractivity contribution is 6.33. The van der Waals surface area contributed by atoms with Gasteiger partial charge in [-0.15, -0.1) is 5.10 Å². The lowest BCUT2D eigenvalue weighted by Crippen LogP contribution is -2.56. The zero-order valence-corrected chi connectivity index (χ0v) is 28.0. The van der Waals surface area contributed by atoms with Crippen LogP contribution in [-0.2, 0) is 20.4 Å². The standard InChI is InChI=1S/C32H37ClF3N7O5/c1-17-14-23(27(44)37-22-7-6-20(15-21(22)33)32(34,35)36)42-24(17)25(40-10-11-41(18(2)16-40)30(46)48-31(3,4)5)28(45)43-29(42)38-26(39-43)19-8-12-47-13-9-19/h6-8,15,17-18,23H,9-14,16H2,1-5H3,(H,37,44)/t17-,18-,23+/m1/s1. The highest BCUT2D eigenvalue weighted by Crippen LogP contribution is 2.42. The van der Waals surface area contributed by atoms with Gasteiger partial charge in [-0.1, -0.05) is 24.6 Å². The molecule has 0 unspecified atom stereocenters. The third kappa shape index (κ3) is 6.37. The average molecular weight is 692 g/mol. The van der Waals surface area contributed by atoms with Crippen molar-refractivity contribution in [2.24, 2.45) is 0 Å². The summed E-state index contributed by atoms with van der Waals surface area (Å²) < 4.78 is 53.7. The number of nitrogens with one attached hydrogen (secondary N) is 1. The van der Waals surface area contributed by atoms with Crippen molar-refractivity contribution in [3.8, 4) is 0 Å². The minimum atomic E-state index is -4.60. The summed E-state index contributed by atoms with van der Waals surface area (Å²) in [5.41, 5.74) is -0.236. The normalized spacial score (nSPS) is 21.7. The lowest BCUT2D eigenvalue weighted by atomic mass is 10.0. The molecule has 12 nitrogen and oxygen atoms in total. The van der Waals surface area contributed by atoms with Gasteiger partial charge in [0.2, 0.25) is 11.7 Å². The van der Waals surface area contributed by atoms with Crippen LogP contribution in [0.5, 0.6) is 0 Å². The fraction of sp³-hybridized carbons (Fsp3) is 0.531. The SMILES string of the molecule is C[C@@H]1C[C@@H](C(=O)Nc2ccc(C(F)(F)F)cc2Cl)n2c1c(N1CCN(C(=O)OC(C)(C)C)[C@H](C)C1)c(=O)n1nc(C3=CCOCC3)nc21. The zero-order chi connectivity index (χ0) is 34.7. The lowest BCUT2D eigenvalue weighted by molar-refractivity contribution is -0.137. The van der Waals surface area contributed by atoms with Crippen LogP contribution in [0.3, 0.4) is 0 Å². The van der Waals surface area contributed by atoms with E-state index in [0.29, 0.717) is 56.5 Å². The first-order chi connectivity index (χ1) is 22.5. The molecule has 48 heavy (non-hydrogen) atoms. The Morgan fingerprint density at radius 3 is 2.52 bits per heavy atom. The van der Waals surface area contributed by atoms with Crippen molar-refractivity contribution in [3.63, 3.8) is 0 Å². The Morgan fingerprint density at radius 1 is 1.15 bits per heavy atom. The molecule has 3 aliphatic rings. The van der Waals surface area contributed by atoms with Crippen LogP contribution in [0.1, 0.15) is 76.5 Å². The molecule has 1 aromatic carbocycles. The van der Waals surface area contributed by atoms with Gasteiger partial charge < -0.3 is 24.6 Å². The number of alkyl halides is 3. The van der Waals surface area contributed by atoms with Crippen LogP contribution in [-0.4, -0.2) is 80.6 Å². The van der Waals surface area contributed by atoms with Gasteiger partial charge in [-0.25, -0.2) is 4.79 Å². The first-order valence-electron chi connectivity index (χ1n) is 15.8. The van der Waals surface area contributed by atoms with Gasteiger partial charge in [0.15, 0.2) is 5.82 Å². The molecule has 16 heteroatoms. The second-order valence-electron chi connectivity index (χ2n) is 13.4. The topological polar surface area (TPSA) is 123 Å². The third-order valence-corrected chi connectivity index (χ3v) is 9.05. The molecule has 0 saturated carbocycles. The number of hydrogen-bond donors (Lipinski definition) is 1. The molecule has 0 spiro atoms. The second kappa shape index (κ2) is 12.4.